The Balaban J connectivity index is 1.54. The molecule has 110 valence electrons. The van der Waals surface area contributed by atoms with Gasteiger partial charge in [-0.3, -0.25) is 4.79 Å². The van der Waals surface area contributed by atoms with E-state index in [1.165, 1.54) is 0 Å². The first-order valence-corrected chi connectivity index (χ1v) is 7.09. The van der Waals surface area contributed by atoms with Crippen LogP contribution in [0.25, 0.3) is 0 Å². The van der Waals surface area contributed by atoms with E-state index >= 15 is 0 Å². The fourth-order valence-corrected chi connectivity index (χ4v) is 1.88. The molecule has 0 spiro atoms. The molecule has 0 unspecified atom stereocenters. The molecule has 3 nitrogen and oxygen atoms in total. The number of ketones is 1. The molecule has 0 aliphatic heterocycles. The van der Waals surface area contributed by atoms with Gasteiger partial charge in [0, 0.05) is 6.42 Å². The molecule has 0 amide bonds. The Labute approximate surface area is 125 Å². The maximum Gasteiger partial charge on any atom is 0.160 e. The van der Waals surface area contributed by atoms with E-state index < -0.39 is 0 Å². The van der Waals surface area contributed by atoms with Gasteiger partial charge in [0.15, 0.2) is 5.78 Å². The Morgan fingerprint density at radius 3 is 1.86 bits per heavy atom. The highest BCUT2D eigenvalue weighted by atomic mass is 16.5. The molecule has 3 heteroatoms. The Hall–Kier alpha value is -1.97. The maximum atomic E-state index is 11.6. The third-order valence-corrected chi connectivity index (χ3v) is 3.01. The maximum absolute atomic E-state index is 11.6. The zero-order chi connectivity index (χ0) is 14.8. The topological polar surface area (TPSA) is 35.5 Å². The van der Waals surface area contributed by atoms with E-state index in [9.17, 15) is 4.79 Å². The van der Waals surface area contributed by atoms with Crippen LogP contribution in [0.15, 0.2) is 60.7 Å². The minimum Gasteiger partial charge on any atom is -0.376 e. The van der Waals surface area contributed by atoms with Crippen molar-refractivity contribution in [2.75, 3.05) is 13.2 Å². The summed E-state index contributed by atoms with van der Waals surface area (Å²) in [6.07, 6.45) is 0.390. The molecular formula is C18H20O3. The molecule has 0 heterocycles. The summed E-state index contributed by atoms with van der Waals surface area (Å²) in [5, 5.41) is 0. The number of hydrogen-bond donors (Lipinski definition) is 0. The highest BCUT2D eigenvalue weighted by molar-refractivity contribution is 5.79. The molecule has 0 aliphatic rings. The molecule has 0 saturated carbocycles. The van der Waals surface area contributed by atoms with E-state index in [2.05, 4.69) is 0 Å². The molecule has 2 aromatic rings. The molecule has 2 aromatic carbocycles. The van der Waals surface area contributed by atoms with Gasteiger partial charge >= 0.3 is 0 Å². The first kappa shape index (κ1) is 15.4. The lowest BCUT2D eigenvalue weighted by Crippen LogP contribution is -2.11. The minimum absolute atomic E-state index is 0.0685. The molecule has 0 aliphatic carbocycles. The largest absolute Gasteiger partial charge is 0.376 e. The van der Waals surface area contributed by atoms with Crippen molar-refractivity contribution in [3.8, 4) is 0 Å². The number of benzene rings is 2. The second-order valence-corrected chi connectivity index (χ2v) is 4.81. The molecule has 0 bridgehead atoms. The lowest BCUT2D eigenvalue weighted by Gasteiger charge is -2.05. The number of carbonyl (C=O) groups excluding carboxylic acids is 1. The highest BCUT2D eigenvalue weighted by Gasteiger charge is 2.02. The van der Waals surface area contributed by atoms with Gasteiger partial charge in [0.1, 0.15) is 6.61 Å². The summed E-state index contributed by atoms with van der Waals surface area (Å²) < 4.78 is 10.9. The van der Waals surface area contributed by atoms with Gasteiger partial charge in [0.2, 0.25) is 0 Å². The van der Waals surface area contributed by atoms with E-state index in [-0.39, 0.29) is 12.4 Å². The van der Waals surface area contributed by atoms with Gasteiger partial charge in [-0.05, 0) is 11.1 Å². The van der Waals surface area contributed by atoms with Crippen molar-refractivity contribution in [2.45, 2.75) is 19.6 Å². The predicted molar refractivity (Wildman–Crippen MR) is 81.8 cm³/mol. The fourth-order valence-electron chi connectivity index (χ4n) is 1.88. The van der Waals surface area contributed by atoms with Crippen LogP contribution < -0.4 is 0 Å². The van der Waals surface area contributed by atoms with Crippen molar-refractivity contribution in [2.24, 2.45) is 0 Å². The average molecular weight is 284 g/mol. The van der Waals surface area contributed by atoms with Gasteiger partial charge in [-0.2, -0.15) is 0 Å². The third-order valence-electron chi connectivity index (χ3n) is 3.01. The smallest absolute Gasteiger partial charge is 0.160 e. The summed E-state index contributed by atoms with van der Waals surface area (Å²) in [5.74, 6) is 0.0685. The summed E-state index contributed by atoms with van der Waals surface area (Å²) in [6, 6.07) is 19.8. The number of carbonyl (C=O) groups is 1. The lowest BCUT2D eigenvalue weighted by molar-refractivity contribution is -0.125. The van der Waals surface area contributed by atoms with Gasteiger partial charge in [0.05, 0.1) is 19.8 Å². The molecular weight excluding hydrogens is 264 g/mol. The van der Waals surface area contributed by atoms with Crippen molar-refractivity contribution < 1.29 is 14.3 Å². The van der Waals surface area contributed by atoms with Crippen LogP contribution in [0, 0.1) is 0 Å². The van der Waals surface area contributed by atoms with E-state index in [0.29, 0.717) is 26.2 Å². The number of Topliss-reactive ketones (excluding diaryl/α,β-unsaturated/α-hetero) is 1. The van der Waals surface area contributed by atoms with Crippen LogP contribution in [0.3, 0.4) is 0 Å². The minimum atomic E-state index is 0.0685. The summed E-state index contributed by atoms with van der Waals surface area (Å²) in [4.78, 5) is 11.6. The number of rotatable bonds is 9. The van der Waals surface area contributed by atoms with Crippen LogP contribution in [0.2, 0.25) is 0 Å². The summed E-state index contributed by atoms with van der Waals surface area (Å²) in [6.45, 7) is 1.59. The lowest BCUT2D eigenvalue weighted by atomic mass is 10.2. The molecule has 0 fully saturated rings. The third kappa shape index (κ3) is 6.34. The van der Waals surface area contributed by atoms with E-state index in [4.69, 9.17) is 9.47 Å². The van der Waals surface area contributed by atoms with Gasteiger partial charge < -0.3 is 9.47 Å². The first-order valence-electron chi connectivity index (χ1n) is 7.09. The standard InChI is InChI=1S/C18H20O3/c19-18(15-21-14-17-9-5-2-6-10-17)11-12-20-13-16-7-3-1-4-8-16/h1-10H,11-15H2. The van der Waals surface area contributed by atoms with E-state index in [0.717, 1.165) is 11.1 Å². The van der Waals surface area contributed by atoms with Gasteiger partial charge in [0.25, 0.3) is 0 Å². The van der Waals surface area contributed by atoms with Crippen LogP contribution in [-0.2, 0) is 27.5 Å². The van der Waals surface area contributed by atoms with Crippen molar-refractivity contribution in [1.29, 1.82) is 0 Å². The van der Waals surface area contributed by atoms with Crippen molar-refractivity contribution in [3.63, 3.8) is 0 Å². The Bertz CT molecular complexity index is 523. The molecule has 0 aromatic heterocycles. The van der Waals surface area contributed by atoms with Crippen LogP contribution >= 0.6 is 0 Å². The Morgan fingerprint density at radius 1 is 0.762 bits per heavy atom. The molecule has 0 N–H and O–H groups in total. The van der Waals surface area contributed by atoms with Crippen LogP contribution in [0.4, 0.5) is 0 Å². The Kier molecular flexibility index (Phi) is 6.65. The van der Waals surface area contributed by atoms with Crippen molar-refractivity contribution >= 4 is 5.78 Å². The summed E-state index contributed by atoms with van der Waals surface area (Å²) >= 11 is 0. The number of ether oxygens (including phenoxy) is 2. The summed E-state index contributed by atoms with van der Waals surface area (Å²) in [5.41, 5.74) is 2.19. The Morgan fingerprint density at radius 2 is 1.29 bits per heavy atom. The van der Waals surface area contributed by atoms with Crippen molar-refractivity contribution in [3.05, 3.63) is 71.8 Å². The average Bonchev–Trinajstić information content (AvgIpc) is 2.54. The second-order valence-electron chi connectivity index (χ2n) is 4.81. The van der Waals surface area contributed by atoms with Crippen molar-refractivity contribution in [1.82, 2.24) is 0 Å². The second kappa shape index (κ2) is 9.06. The molecule has 2 rings (SSSR count). The molecule has 0 saturated heterocycles. The normalized spacial score (nSPS) is 10.5. The highest BCUT2D eigenvalue weighted by Crippen LogP contribution is 2.02. The van der Waals surface area contributed by atoms with Crippen LogP contribution in [-0.4, -0.2) is 19.0 Å². The van der Waals surface area contributed by atoms with Gasteiger partial charge in [-0.15, -0.1) is 0 Å². The molecule has 0 radical (unpaired) electrons. The zero-order valence-electron chi connectivity index (χ0n) is 12.0. The zero-order valence-corrected chi connectivity index (χ0v) is 12.0. The van der Waals surface area contributed by atoms with E-state index in [1.54, 1.807) is 0 Å². The molecule has 21 heavy (non-hydrogen) atoms. The van der Waals surface area contributed by atoms with Crippen LogP contribution in [0.1, 0.15) is 17.5 Å². The van der Waals surface area contributed by atoms with Gasteiger partial charge in [-0.1, -0.05) is 60.7 Å². The quantitative estimate of drug-likeness (QED) is 0.662. The first-order chi connectivity index (χ1) is 10.3. The molecule has 0 atom stereocenters. The number of hydrogen-bond acceptors (Lipinski definition) is 3. The van der Waals surface area contributed by atoms with Gasteiger partial charge in [-0.25, -0.2) is 0 Å². The summed E-state index contributed by atoms with van der Waals surface area (Å²) in [7, 11) is 0. The monoisotopic (exact) mass is 284 g/mol. The fraction of sp³-hybridized carbons (Fsp3) is 0.278. The SMILES string of the molecule is O=C(CCOCc1ccccc1)COCc1ccccc1. The van der Waals surface area contributed by atoms with Crippen LogP contribution in [0.5, 0.6) is 0 Å². The predicted octanol–water partition coefficient (Wildman–Crippen LogP) is 3.38. The van der Waals surface area contributed by atoms with E-state index in [1.807, 2.05) is 60.7 Å².